The minimum Gasteiger partial charge on any atom is -0.361 e. The number of nitrogens with one attached hydrogen (secondary N) is 2. The summed E-state index contributed by atoms with van der Waals surface area (Å²) in [5, 5.41) is 6.97. The molecule has 0 aliphatic heterocycles. The van der Waals surface area contributed by atoms with Gasteiger partial charge in [0, 0.05) is 11.1 Å². The zero-order valence-corrected chi connectivity index (χ0v) is 17.8. The van der Waals surface area contributed by atoms with Crippen LogP contribution in [0.5, 0.6) is 0 Å². The molecule has 0 unspecified atom stereocenters. The van der Waals surface area contributed by atoms with Crippen LogP contribution in [0, 0.1) is 13.8 Å². The molecule has 1 aromatic heterocycles. The predicted octanol–water partition coefficient (Wildman–Crippen LogP) is 4.33. The first-order valence-electron chi connectivity index (χ1n) is 8.44. The number of hydrogen-bond donors (Lipinski definition) is 2. The number of carbonyl (C=O) groups excluding carboxylic acids is 1. The van der Waals surface area contributed by atoms with Crippen LogP contribution in [-0.2, 0) is 16.6 Å². The molecule has 7 nitrogen and oxygen atoms in total. The lowest BCUT2D eigenvalue weighted by molar-refractivity contribution is 0.0950. The second-order valence-electron chi connectivity index (χ2n) is 6.32. The Hall–Kier alpha value is -2.55. The molecule has 0 saturated carbocycles. The monoisotopic (exact) mass is 453 g/mol. The van der Waals surface area contributed by atoms with E-state index in [9.17, 15) is 13.2 Å². The molecule has 2 N–H and O–H groups in total. The molecule has 0 spiro atoms. The van der Waals surface area contributed by atoms with Gasteiger partial charge >= 0.3 is 0 Å². The highest BCUT2D eigenvalue weighted by molar-refractivity contribution is 7.92. The first-order valence-corrected chi connectivity index (χ1v) is 10.7. The Morgan fingerprint density at radius 1 is 1.07 bits per heavy atom. The minimum atomic E-state index is -3.95. The number of rotatable bonds is 6. The van der Waals surface area contributed by atoms with Crippen molar-refractivity contribution in [3.63, 3.8) is 0 Å². The van der Waals surface area contributed by atoms with E-state index in [1.807, 2.05) is 6.92 Å². The van der Waals surface area contributed by atoms with Crippen LogP contribution in [0.3, 0.4) is 0 Å². The van der Waals surface area contributed by atoms with Crippen molar-refractivity contribution in [1.29, 1.82) is 0 Å². The molecule has 0 radical (unpaired) electrons. The van der Waals surface area contributed by atoms with Crippen LogP contribution in [0.25, 0.3) is 0 Å². The Morgan fingerprint density at radius 2 is 1.83 bits per heavy atom. The van der Waals surface area contributed by atoms with Gasteiger partial charge < -0.3 is 9.84 Å². The lowest BCUT2D eigenvalue weighted by Gasteiger charge is -2.11. The highest BCUT2D eigenvalue weighted by atomic mass is 35.5. The smallest absolute Gasteiger partial charge is 0.261 e. The summed E-state index contributed by atoms with van der Waals surface area (Å²) in [5.41, 5.74) is 1.69. The number of aryl methyl sites for hydroxylation is 2. The molecule has 1 heterocycles. The maximum Gasteiger partial charge on any atom is 0.261 e. The fourth-order valence-electron chi connectivity index (χ4n) is 2.48. The van der Waals surface area contributed by atoms with Crippen molar-refractivity contribution < 1.29 is 17.7 Å². The number of halogens is 2. The van der Waals surface area contributed by atoms with Crippen LogP contribution in [0.4, 0.5) is 5.69 Å². The summed E-state index contributed by atoms with van der Waals surface area (Å²) in [6, 6.07) is 10.4. The van der Waals surface area contributed by atoms with Gasteiger partial charge in [0.2, 0.25) is 0 Å². The van der Waals surface area contributed by atoms with Gasteiger partial charge in [-0.05, 0) is 49.7 Å². The van der Waals surface area contributed by atoms with Crippen molar-refractivity contribution in [2.24, 2.45) is 0 Å². The number of carbonyl (C=O) groups is 1. The van der Waals surface area contributed by atoms with E-state index in [2.05, 4.69) is 15.2 Å². The lowest BCUT2D eigenvalue weighted by atomic mass is 10.2. The Morgan fingerprint density at radius 3 is 2.48 bits per heavy atom. The van der Waals surface area contributed by atoms with E-state index in [0.29, 0.717) is 22.2 Å². The fraction of sp³-hybridized carbons (Fsp3) is 0.158. The third-order valence-electron chi connectivity index (χ3n) is 4.02. The SMILES string of the molecule is Cc1cc(CNC(=O)c2cc(S(=O)(=O)Nc3ccc(C)c(Cl)c3)ccc2Cl)no1. The van der Waals surface area contributed by atoms with Crippen LogP contribution in [0.1, 0.15) is 27.4 Å². The van der Waals surface area contributed by atoms with Gasteiger partial charge in [0.05, 0.1) is 27.7 Å². The summed E-state index contributed by atoms with van der Waals surface area (Å²) in [6.45, 7) is 3.66. The molecule has 0 saturated heterocycles. The van der Waals surface area contributed by atoms with E-state index < -0.39 is 15.9 Å². The first kappa shape index (κ1) is 21.2. The Kier molecular flexibility index (Phi) is 6.16. The van der Waals surface area contributed by atoms with Gasteiger partial charge in [0.15, 0.2) is 0 Å². The zero-order valence-electron chi connectivity index (χ0n) is 15.5. The number of benzene rings is 2. The number of nitrogens with zero attached hydrogens (tertiary/aromatic N) is 1. The molecule has 0 aliphatic carbocycles. The molecule has 0 fully saturated rings. The highest BCUT2D eigenvalue weighted by Gasteiger charge is 2.19. The quantitative estimate of drug-likeness (QED) is 0.578. The maximum atomic E-state index is 12.7. The van der Waals surface area contributed by atoms with E-state index >= 15 is 0 Å². The predicted molar refractivity (Wildman–Crippen MR) is 111 cm³/mol. The van der Waals surface area contributed by atoms with Gasteiger partial charge in [-0.15, -0.1) is 0 Å². The highest BCUT2D eigenvalue weighted by Crippen LogP contribution is 2.25. The molecule has 3 aromatic rings. The molecular weight excluding hydrogens is 437 g/mol. The molecule has 10 heteroatoms. The first-order chi connectivity index (χ1) is 13.7. The molecule has 2 aromatic carbocycles. The summed E-state index contributed by atoms with van der Waals surface area (Å²) in [7, 11) is -3.95. The van der Waals surface area contributed by atoms with Crippen molar-refractivity contribution >= 4 is 44.8 Å². The Labute approximate surface area is 178 Å². The normalized spacial score (nSPS) is 11.3. The second-order valence-corrected chi connectivity index (χ2v) is 8.82. The van der Waals surface area contributed by atoms with Gasteiger partial charge in [-0.25, -0.2) is 8.42 Å². The summed E-state index contributed by atoms with van der Waals surface area (Å²) in [6.07, 6.45) is 0. The fourth-order valence-corrected chi connectivity index (χ4v) is 3.94. The lowest BCUT2D eigenvalue weighted by Crippen LogP contribution is -2.24. The van der Waals surface area contributed by atoms with Crippen LogP contribution >= 0.6 is 23.2 Å². The number of hydrogen-bond acceptors (Lipinski definition) is 5. The van der Waals surface area contributed by atoms with Gasteiger partial charge in [-0.2, -0.15) is 0 Å². The average Bonchev–Trinajstić information content (AvgIpc) is 3.08. The molecule has 0 bridgehead atoms. The number of aromatic nitrogens is 1. The van der Waals surface area contributed by atoms with Crippen molar-refractivity contribution in [3.05, 3.63) is 75.1 Å². The number of anilines is 1. The van der Waals surface area contributed by atoms with Gasteiger partial charge in [0.1, 0.15) is 11.5 Å². The van der Waals surface area contributed by atoms with E-state index in [-0.39, 0.29) is 22.0 Å². The van der Waals surface area contributed by atoms with Gasteiger partial charge in [0.25, 0.3) is 15.9 Å². The van der Waals surface area contributed by atoms with E-state index in [1.165, 1.54) is 24.3 Å². The van der Waals surface area contributed by atoms with E-state index in [1.54, 1.807) is 25.1 Å². The largest absolute Gasteiger partial charge is 0.361 e. The Bertz CT molecular complexity index is 1180. The van der Waals surface area contributed by atoms with E-state index in [4.69, 9.17) is 27.7 Å². The topological polar surface area (TPSA) is 101 Å². The van der Waals surface area contributed by atoms with Crippen molar-refractivity contribution in [2.45, 2.75) is 25.3 Å². The van der Waals surface area contributed by atoms with Crippen molar-refractivity contribution in [1.82, 2.24) is 10.5 Å². The van der Waals surface area contributed by atoms with Crippen LogP contribution in [0.2, 0.25) is 10.0 Å². The standard InChI is InChI=1S/C19H17Cl2N3O4S/c1-11-3-4-13(8-18(11)21)24-29(26,27)15-5-6-17(20)16(9-15)19(25)22-10-14-7-12(2)28-23-14/h3-9,24H,10H2,1-2H3,(H,22,25). The molecular formula is C19H17Cl2N3O4S. The van der Waals surface area contributed by atoms with Crippen LogP contribution in [0.15, 0.2) is 51.9 Å². The molecule has 1 amide bonds. The maximum absolute atomic E-state index is 12.7. The van der Waals surface area contributed by atoms with E-state index in [0.717, 1.165) is 5.56 Å². The second kappa shape index (κ2) is 8.44. The molecule has 0 aliphatic rings. The molecule has 3 rings (SSSR count). The van der Waals surface area contributed by atoms with Crippen molar-refractivity contribution in [3.8, 4) is 0 Å². The molecule has 29 heavy (non-hydrogen) atoms. The van der Waals surface area contributed by atoms with Crippen LogP contribution < -0.4 is 10.0 Å². The van der Waals surface area contributed by atoms with Crippen LogP contribution in [-0.4, -0.2) is 19.5 Å². The van der Waals surface area contributed by atoms with Gasteiger partial charge in [-0.3, -0.25) is 9.52 Å². The van der Waals surface area contributed by atoms with Crippen molar-refractivity contribution in [2.75, 3.05) is 4.72 Å². The Balaban J connectivity index is 1.81. The number of amides is 1. The third kappa shape index (κ3) is 5.09. The molecule has 152 valence electrons. The molecule has 0 atom stereocenters. The summed E-state index contributed by atoms with van der Waals surface area (Å²) < 4.78 is 32.8. The summed E-state index contributed by atoms with van der Waals surface area (Å²) in [4.78, 5) is 12.4. The summed E-state index contributed by atoms with van der Waals surface area (Å²) >= 11 is 12.1. The summed E-state index contributed by atoms with van der Waals surface area (Å²) in [5.74, 6) is 0.0775. The third-order valence-corrected chi connectivity index (χ3v) is 6.14. The zero-order chi connectivity index (χ0) is 21.2. The average molecular weight is 454 g/mol. The minimum absolute atomic E-state index is 0.0247. The number of sulfonamides is 1. The van der Waals surface area contributed by atoms with Gasteiger partial charge in [-0.1, -0.05) is 34.4 Å².